The minimum absolute atomic E-state index is 0.0612. The third-order valence-corrected chi connectivity index (χ3v) is 9.99. The first-order chi connectivity index (χ1) is 21.6. The molecular formula is C35H38IN3O5S. The SMILES string of the molecule is CC[C@@H](C)NC(=O)[C@H](Cc1ccccc1)N(Cc1cccc(OC)c1)C(=O)CN(c1ccc(I)cc1)S(=O)(=O)c1ccccc1. The van der Waals surface area contributed by atoms with Gasteiger partial charge in [0.2, 0.25) is 11.8 Å². The fraction of sp³-hybridized carbons (Fsp3) is 0.257. The Labute approximate surface area is 279 Å². The van der Waals surface area contributed by atoms with Gasteiger partial charge in [0.15, 0.2) is 0 Å². The van der Waals surface area contributed by atoms with Crippen molar-refractivity contribution in [1.82, 2.24) is 10.2 Å². The molecule has 0 saturated heterocycles. The summed E-state index contributed by atoms with van der Waals surface area (Å²) in [6.45, 7) is 3.44. The summed E-state index contributed by atoms with van der Waals surface area (Å²) in [5.41, 5.74) is 1.96. The Hall–Kier alpha value is -3.90. The first-order valence-electron chi connectivity index (χ1n) is 14.7. The van der Waals surface area contributed by atoms with Crippen LogP contribution in [0.4, 0.5) is 5.69 Å². The third kappa shape index (κ3) is 9.07. The molecule has 0 radical (unpaired) electrons. The number of anilines is 1. The molecule has 0 unspecified atom stereocenters. The largest absolute Gasteiger partial charge is 0.497 e. The van der Waals surface area contributed by atoms with Gasteiger partial charge in [0.05, 0.1) is 17.7 Å². The van der Waals surface area contributed by atoms with Gasteiger partial charge in [-0.3, -0.25) is 13.9 Å². The normalized spacial score (nSPS) is 12.5. The van der Waals surface area contributed by atoms with Crippen LogP contribution in [0.5, 0.6) is 5.75 Å². The molecule has 0 aliphatic carbocycles. The van der Waals surface area contributed by atoms with E-state index in [0.29, 0.717) is 17.9 Å². The smallest absolute Gasteiger partial charge is 0.264 e. The van der Waals surface area contributed by atoms with Crippen molar-refractivity contribution >= 4 is 50.1 Å². The van der Waals surface area contributed by atoms with Crippen molar-refractivity contribution in [2.75, 3.05) is 18.0 Å². The van der Waals surface area contributed by atoms with E-state index in [4.69, 9.17) is 4.74 Å². The van der Waals surface area contributed by atoms with Crippen molar-refractivity contribution in [2.45, 2.75) is 50.2 Å². The lowest BCUT2D eigenvalue weighted by molar-refractivity contribution is -0.140. The number of carbonyl (C=O) groups excluding carboxylic acids is 2. The van der Waals surface area contributed by atoms with Gasteiger partial charge in [-0.2, -0.15) is 0 Å². The van der Waals surface area contributed by atoms with E-state index in [-0.39, 0.29) is 29.8 Å². The lowest BCUT2D eigenvalue weighted by atomic mass is 10.0. The Morgan fingerprint density at radius 2 is 1.49 bits per heavy atom. The van der Waals surface area contributed by atoms with Crippen molar-refractivity contribution in [2.24, 2.45) is 0 Å². The molecular weight excluding hydrogens is 701 g/mol. The Kier molecular flexibility index (Phi) is 12.0. The molecule has 0 heterocycles. The van der Waals surface area contributed by atoms with Gasteiger partial charge in [0.25, 0.3) is 10.0 Å². The summed E-state index contributed by atoms with van der Waals surface area (Å²) < 4.78 is 35.6. The molecule has 8 nitrogen and oxygen atoms in total. The zero-order valence-electron chi connectivity index (χ0n) is 25.6. The van der Waals surface area contributed by atoms with Crippen LogP contribution in [0.3, 0.4) is 0 Å². The standard InChI is InChI=1S/C35H38IN3O5S/c1-4-26(2)37-35(41)33(23-27-12-7-5-8-13-27)38(24-28-14-11-15-31(22-28)44-3)34(40)25-39(30-20-18-29(36)19-21-30)45(42,43)32-16-9-6-10-17-32/h5-22,26,33H,4,23-25H2,1-3H3,(H,37,41)/t26-,33+/m1/s1. The zero-order chi connectivity index (χ0) is 32.4. The highest BCUT2D eigenvalue weighted by molar-refractivity contribution is 14.1. The number of hydrogen-bond acceptors (Lipinski definition) is 5. The van der Waals surface area contributed by atoms with Crippen LogP contribution in [-0.4, -0.2) is 50.9 Å². The Morgan fingerprint density at radius 3 is 2.11 bits per heavy atom. The number of sulfonamides is 1. The van der Waals surface area contributed by atoms with E-state index in [1.807, 2.05) is 62.4 Å². The van der Waals surface area contributed by atoms with Crippen LogP contribution in [0.1, 0.15) is 31.4 Å². The molecule has 45 heavy (non-hydrogen) atoms. The number of nitrogens with zero attached hydrogens (tertiary/aromatic N) is 2. The summed E-state index contributed by atoms with van der Waals surface area (Å²) in [7, 11) is -2.58. The van der Waals surface area contributed by atoms with Crippen molar-refractivity contribution in [3.8, 4) is 5.75 Å². The van der Waals surface area contributed by atoms with Crippen LogP contribution >= 0.6 is 22.6 Å². The second kappa shape index (κ2) is 15.9. The van der Waals surface area contributed by atoms with Crippen molar-refractivity contribution in [1.29, 1.82) is 0 Å². The summed E-state index contributed by atoms with van der Waals surface area (Å²) in [4.78, 5) is 30.0. The van der Waals surface area contributed by atoms with Gasteiger partial charge in [-0.05, 0) is 95.6 Å². The molecule has 0 aromatic heterocycles. The van der Waals surface area contributed by atoms with Crippen LogP contribution in [0.25, 0.3) is 0 Å². The van der Waals surface area contributed by atoms with E-state index < -0.39 is 28.5 Å². The lowest BCUT2D eigenvalue weighted by Gasteiger charge is -2.34. The van der Waals surface area contributed by atoms with Gasteiger partial charge >= 0.3 is 0 Å². The van der Waals surface area contributed by atoms with Crippen LogP contribution in [-0.2, 0) is 32.6 Å². The second-order valence-corrected chi connectivity index (χ2v) is 13.8. The van der Waals surface area contributed by atoms with E-state index in [0.717, 1.165) is 19.0 Å². The number of benzene rings is 4. The molecule has 0 fully saturated rings. The summed E-state index contributed by atoms with van der Waals surface area (Å²) in [6.07, 6.45) is 0.956. The quantitative estimate of drug-likeness (QED) is 0.159. The number of methoxy groups -OCH3 is 1. The van der Waals surface area contributed by atoms with E-state index in [2.05, 4.69) is 27.9 Å². The number of hydrogen-bond donors (Lipinski definition) is 1. The number of rotatable bonds is 14. The van der Waals surface area contributed by atoms with E-state index in [9.17, 15) is 18.0 Å². The average molecular weight is 740 g/mol. The van der Waals surface area contributed by atoms with Crippen LogP contribution in [0.15, 0.2) is 114 Å². The summed E-state index contributed by atoms with van der Waals surface area (Å²) in [5, 5.41) is 3.05. The van der Waals surface area contributed by atoms with Crippen molar-refractivity contribution in [3.05, 3.63) is 124 Å². The molecule has 0 saturated carbocycles. The first kappa shape index (κ1) is 34.0. The van der Waals surface area contributed by atoms with Crippen LogP contribution < -0.4 is 14.4 Å². The summed E-state index contributed by atoms with van der Waals surface area (Å²) in [6, 6.07) is 30.7. The molecule has 0 aliphatic heterocycles. The van der Waals surface area contributed by atoms with E-state index in [1.165, 1.54) is 17.0 Å². The molecule has 4 rings (SSSR count). The topological polar surface area (TPSA) is 96.0 Å². The maximum absolute atomic E-state index is 14.5. The highest BCUT2D eigenvalue weighted by atomic mass is 127. The second-order valence-electron chi connectivity index (χ2n) is 10.7. The minimum Gasteiger partial charge on any atom is -0.497 e. The summed E-state index contributed by atoms with van der Waals surface area (Å²) in [5.74, 6) is -0.219. The number of nitrogens with one attached hydrogen (secondary N) is 1. The van der Waals surface area contributed by atoms with Crippen molar-refractivity contribution < 1.29 is 22.7 Å². The first-order valence-corrected chi connectivity index (χ1v) is 17.2. The highest BCUT2D eigenvalue weighted by Crippen LogP contribution is 2.26. The minimum atomic E-state index is -4.14. The van der Waals surface area contributed by atoms with Crippen molar-refractivity contribution in [3.63, 3.8) is 0 Å². The fourth-order valence-corrected chi connectivity index (χ4v) is 6.61. The molecule has 1 N–H and O–H groups in total. The van der Waals surface area contributed by atoms with E-state index in [1.54, 1.807) is 55.6 Å². The molecule has 236 valence electrons. The van der Waals surface area contributed by atoms with Gasteiger partial charge in [0, 0.05) is 22.6 Å². The van der Waals surface area contributed by atoms with Crippen LogP contribution in [0, 0.1) is 3.57 Å². The Balaban J connectivity index is 1.81. The Bertz CT molecular complexity index is 1670. The molecule has 0 aliphatic rings. The number of ether oxygens (including phenoxy) is 1. The molecule has 4 aromatic rings. The zero-order valence-corrected chi connectivity index (χ0v) is 28.6. The Morgan fingerprint density at radius 1 is 0.867 bits per heavy atom. The number of carbonyl (C=O) groups is 2. The van der Waals surface area contributed by atoms with Gasteiger partial charge in [-0.15, -0.1) is 0 Å². The van der Waals surface area contributed by atoms with Crippen LogP contribution in [0.2, 0.25) is 0 Å². The molecule has 0 spiro atoms. The monoisotopic (exact) mass is 739 g/mol. The molecule has 2 atom stereocenters. The predicted molar refractivity (Wildman–Crippen MR) is 186 cm³/mol. The van der Waals surface area contributed by atoms with Gasteiger partial charge in [-0.1, -0.05) is 67.6 Å². The molecule has 0 bridgehead atoms. The lowest BCUT2D eigenvalue weighted by Crippen LogP contribution is -2.54. The predicted octanol–water partition coefficient (Wildman–Crippen LogP) is 6.05. The maximum Gasteiger partial charge on any atom is 0.264 e. The maximum atomic E-state index is 14.5. The number of amides is 2. The fourth-order valence-electron chi connectivity index (χ4n) is 4.82. The molecule has 10 heteroatoms. The summed E-state index contributed by atoms with van der Waals surface area (Å²) >= 11 is 2.15. The van der Waals surface area contributed by atoms with Gasteiger partial charge in [-0.25, -0.2) is 8.42 Å². The third-order valence-electron chi connectivity index (χ3n) is 7.48. The van der Waals surface area contributed by atoms with Gasteiger partial charge < -0.3 is 15.0 Å². The highest BCUT2D eigenvalue weighted by Gasteiger charge is 2.35. The number of halogens is 1. The molecule has 4 aromatic carbocycles. The van der Waals surface area contributed by atoms with E-state index >= 15 is 0 Å². The molecule has 2 amide bonds. The average Bonchev–Trinajstić information content (AvgIpc) is 3.06. The van der Waals surface area contributed by atoms with Gasteiger partial charge in [0.1, 0.15) is 18.3 Å².